The van der Waals surface area contributed by atoms with Crippen molar-refractivity contribution < 1.29 is 27.8 Å². The van der Waals surface area contributed by atoms with Gasteiger partial charge in [-0.15, -0.1) is 0 Å². The Labute approximate surface area is 150 Å². The molecule has 1 aromatic carbocycles. The first kappa shape index (κ1) is 19.2. The average molecular weight is 404 g/mol. The molecule has 1 aromatic rings. The summed E-state index contributed by atoms with van der Waals surface area (Å²) in [7, 11) is 0. The van der Waals surface area contributed by atoms with Gasteiger partial charge in [0.05, 0.1) is 20.6 Å². The summed E-state index contributed by atoms with van der Waals surface area (Å²) in [4.78, 5) is 11.2. The van der Waals surface area contributed by atoms with Gasteiger partial charge in [0.15, 0.2) is 0 Å². The van der Waals surface area contributed by atoms with Gasteiger partial charge in [-0.1, -0.05) is 48.1 Å². The van der Waals surface area contributed by atoms with Gasteiger partial charge in [-0.2, -0.15) is 13.2 Å². The summed E-state index contributed by atoms with van der Waals surface area (Å²) in [5.41, 5.74) is -0.676. The standard InChI is InChI=1S/C15H12Cl3F3O3/c1-2-3-4-6-9(16)11(18)10(17)7-5-8(14(22)23)13(15(19,20)21)24-12(6)7/h5,13H,2-4H2,1H3,(H,22,23). The molecular formula is C15H12Cl3F3O3. The molecule has 132 valence electrons. The maximum Gasteiger partial charge on any atom is 0.430 e. The van der Waals surface area contributed by atoms with Gasteiger partial charge in [0, 0.05) is 11.1 Å². The Kier molecular flexibility index (Phi) is 5.62. The number of hydrogen-bond donors (Lipinski definition) is 1. The molecule has 0 saturated heterocycles. The predicted molar refractivity (Wildman–Crippen MR) is 86.2 cm³/mol. The van der Waals surface area contributed by atoms with Crippen molar-refractivity contribution in [3.8, 4) is 5.75 Å². The quantitative estimate of drug-likeness (QED) is 0.648. The first-order valence-electron chi connectivity index (χ1n) is 6.97. The van der Waals surface area contributed by atoms with Gasteiger partial charge < -0.3 is 9.84 Å². The van der Waals surface area contributed by atoms with Crippen molar-refractivity contribution in [2.45, 2.75) is 38.5 Å². The van der Waals surface area contributed by atoms with Gasteiger partial charge in [0.25, 0.3) is 0 Å². The SMILES string of the molecule is CCCCc1c(Cl)c(Cl)c(Cl)c2c1OC(C(F)(F)F)C(C(=O)O)=C2. The van der Waals surface area contributed by atoms with Crippen molar-refractivity contribution in [1.29, 1.82) is 0 Å². The minimum absolute atomic E-state index is 0.00457. The second kappa shape index (κ2) is 7.02. The zero-order valence-corrected chi connectivity index (χ0v) is 14.6. The molecule has 0 amide bonds. The number of carboxylic acids is 1. The number of ether oxygens (including phenoxy) is 1. The lowest BCUT2D eigenvalue weighted by Crippen LogP contribution is -2.40. The second-order valence-electron chi connectivity index (χ2n) is 5.21. The Morgan fingerprint density at radius 3 is 2.38 bits per heavy atom. The molecule has 0 radical (unpaired) electrons. The summed E-state index contributed by atoms with van der Waals surface area (Å²) in [6.45, 7) is 1.90. The third-order valence-corrected chi connectivity index (χ3v) is 4.93. The number of alkyl halides is 3. The molecule has 0 aromatic heterocycles. The van der Waals surface area contributed by atoms with Gasteiger partial charge in [0.2, 0.25) is 6.10 Å². The number of unbranched alkanes of at least 4 members (excludes halogenated alkanes) is 1. The van der Waals surface area contributed by atoms with Crippen LogP contribution in [-0.4, -0.2) is 23.4 Å². The summed E-state index contributed by atoms with van der Waals surface area (Å²) in [5, 5.41) is 8.90. The van der Waals surface area contributed by atoms with Gasteiger partial charge in [-0.3, -0.25) is 0 Å². The molecule has 1 N–H and O–H groups in total. The number of hydrogen-bond acceptors (Lipinski definition) is 2. The maximum atomic E-state index is 13.2. The average Bonchev–Trinajstić information content (AvgIpc) is 2.50. The minimum atomic E-state index is -4.90. The van der Waals surface area contributed by atoms with Crippen molar-refractivity contribution in [2.75, 3.05) is 0 Å². The summed E-state index contributed by atoms with van der Waals surface area (Å²) in [6, 6.07) is 0. The largest absolute Gasteiger partial charge is 0.478 e. The molecule has 1 aliphatic rings. The highest BCUT2D eigenvalue weighted by Gasteiger charge is 2.49. The third kappa shape index (κ3) is 3.46. The fraction of sp³-hybridized carbons (Fsp3) is 0.400. The van der Waals surface area contributed by atoms with Gasteiger partial charge in [0.1, 0.15) is 5.75 Å². The van der Waals surface area contributed by atoms with Crippen LogP contribution in [0.3, 0.4) is 0 Å². The molecule has 24 heavy (non-hydrogen) atoms. The molecule has 3 nitrogen and oxygen atoms in total. The molecule has 1 heterocycles. The molecule has 2 rings (SSSR count). The Morgan fingerprint density at radius 2 is 1.88 bits per heavy atom. The topological polar surface area (TPSA) is 46.5 Å². The Morgan fingerprint density at radius 1 is 1.25 bits per heavy atom. The number of rotatable bonds is 4. The van der Waals surface area contributed by atoms with E-state index in [4.69, 9.17) is 44.6 Å². The van der Waals surface area contributed by atoms with Crippen LogP contribution in [0, 0.1) is 0 Å². The number of halogens is 6. The number of carbonyl (C=O) groups is 1. The molecule has 0 spiro atoms. The van der Waals surface area contributed by atoms with Gasteiger partial charge >= 0.3 is 12.1 Å². The predicted octanol–water partition coefficient (Wildman–Crippen LogP) is 5.78. The van der Waals surface area contributed by atoms with E-state index in [1.54, 1.807) is 0 Å². The van der Waals surface area contributed by atoms with Gasteiger partial charge in [-0.05, 0) is 18.9 Å². The molecular weight excluding hydrogens is 392 g/mol. The fourth-order valence-electron chi connectivity index (χ4n) is 2.38. The minimum Gasteiger partial charge on any atom is -0.478 e. The zero-order chi connectivity index (χ0) is 18.2. The lowest BCUT2D eigenvalue weighted by atomic mass is 9.96. The van der Waals surface area contributed by atoms with E-state index in [0.717, 1.165) is 12.5 Å². The van der Waals surface area contributed by atoms with Crippen LogP contribution in [0.2, 0.25) is 15.1 Å². The lowest BCUT2D eigenvalue weighted by molar-refractivity contribution is -0.187. The van der Waals surface area contributed by atoms with Crippen LogP contribution in [0.4, 0.5) is 13.2 Å². The second-order valence-corrected chi connectivity index (χ2v) is 6.35. The number of fused-ring (bicyclic) bond motifs is 1. The van der Waals surface area contributed by atoms with E-state index in [-0.39, 0.29) is 31.9 Å². The number of aliphatic carboxylic acids is 1. The van der Waals surface area contributed by atoms with E-state index in [1.807, 2.05) is 6.92 Å². The molecule has 1 aliphatic heterocycles. The Hall–Kier alpha value is -1.11. The fourth-order valence-corrected chi connectivity index (χ4v) is 3.15. The van der Waals surface area contributed by atoms with Crippen LogP contribution in [0.15, 0.2) is 5.57 Å². The van der Waals surface area contributed by atoms with Crippen LogP contribution < -0.4 is 4.74 Å². The normalized spacial score (nSPS) is 17.1. The van der Waals surface area contributed by atoms with E-state index < -0.39 is 23.8 Å². The van der Waals surface area contributed by atoms with Crippen LogP contribution in [0.5, 0.6) is 5.75 Å². The summed E-state index contributed by atoms with van der Waals surface area (Å²) < 4.78 is 44.6. The van der Waals surface area contributed by atoms with Crippen LogP contribution >= 0.6 is 34.8 Å². The van der Waals surface area contributed by atoms with E-state index in [2.05, 4.69) is 0 Å². The first-order chi connectivity index (χ1) is 11.1. The van der Waals surface area contributed by atoms with E-state index >= 15 is 0 Å². The molecule has 0 bridgehead atoms. The molecule has 0 fully saturated rings. The van der Waals surface area contributed by atoms with E-state index in [0.29, 0.717) is 12.8 Å². The van der Waals surface area contributed by atoms with Crippen LogP contribution in [0.1, 0.15) is 30.9 Å². The maximum absolute atomic E-state index is 13.2. The molecule has 1 atom stereocenters. The highest BCUT2D eigenvalue weighted by Crippen LogP contribution is 2.48. The highest BCUT2D eigenvalue weighted by atomic mass is 35.5. The zero-order valence-electron chi connectivity index (χ0n) is 12.3. The number of benzene rings is 1. The van der Waals surface area contributed by atoms with Crippen molar-refractivity contribution in [2.24, 2.45) is 0 Å². The van der Waals surface area contributed by atoms with Gasteiger partial charge in [-0.25, -0.2) is 4.79 Å². The lowest BCUT2D eigenvalue weighted by Gasteiger charge is -2.30. The summed E-state index contributed by atoms with van der Waals surface area (Å²) in [5.74, 6) is -1.92. The molecule has 0 aliphatic carbocycles. The Bertz CT molecular complexity index is 714. The molecule has 1 unspecified atom stereocenters. The van der Waals surface area contributed by atoms with Crippen LogP contribution in [-0.2, 0) is 11.2 Å². The van der Waals surface area contributed by atoms with Crippen molar-refractivity contribution >= 4 is 46.8 Å². The van der Waals surface area contributed by atoms with Crippen molar-refractivity contribution in [1.82, 2.24) is 0 Å². The number of carboxylic acid groups (broad SMARTS) is 1. The first-order valence-corrected chi connectivity index (χ1v) is 8.10. The monoisotopic (exact) mass is 402 g/mol. The summed E-state index contributed by atoms with van der Waals surface area (Å²) in [6.07, 6.45) is -4.92. The van der Waals surface area contributed by atoms with E-state index in [9.17, 15) is 18.0 Å². The smallest absolute Gasteiger partial charge is 0.430 e. The van der Waals surface area contributed by atoms with Crippen LogP contribution in [0.25, 0.3) is 6.08 Å². The molecule has 0 saturated carbocycles. The van der Waals surface area contributed by atoms with Crippen molar-refractivity contribution in [3.05, 3.63) is 31.8 Å². The summed E-state index contributed by atoms with van der Waals surface area (Å²) >= 11 is 18.2. The van der Waals surface area contributed by atoms with E-state index in [1.165, 1.54) is 0 Å². The highest BCUT2D eigenvalue weighted by molar-refractivity contribution is 6.49. The molecule has 9 heteroatoms. The van der Waals surface area contributed by atoms with Crippen molar-refractivity contribution in [3.63, 3.8) is 0 Å². The third-order valence-electron chi connectivity index (χ3n) is 3.55. The Balaban J connectivity index is 2.72.